The van der Waals surface area contributed by atoms with Crippen molar-refractivity contribution >= 4 is 12.2 Å². The van der Waals surface area contributed by atoms with Crippen LogP contribution >= 0.6 is 0 Å². The molecule has 1 atom stereocenters. The van der Waals surface area contributed by atoms with Gasteiger partial charge in [0.15, 0.2) is 29.3 Å². The summed E-state index contributed by atoms with van der Waals surface area (Å²) in [5.74, 6) is 2.15. The summed E-state index contributed by atoms with van der Waals surface area (Å²) in [5, 5.41) is 22.4. The number of benzene rings is 1. The molecule has 0 spiro atoms. The lowest BCUT2D eigenvalue weighted by atomic mass is 9.93. The first-order valence-corrected chi connectivity index (χ1v) is 12.3. The van der Waals surface area contributed by atoms with Crippen molar-refractivity contribution in [1.29, 1.82) is 5.41 Å². The summed E-state index contributed by atoms with van der Waals surface area (Å²) in [6.07, 6.45) is 6.02. The summed E-state index contributed by atoms with van der Waals surface area (Å²) in [5.41, 5.74) is 2.45. The van der Waals surface area contributed by atoms with Crippen molar-refractivity contribution in [2.75, 3.05) is 12.4 Å². The van der Waals surface area contributed by atoms with E-state index in [4.69, 9.17) is 10.1 Å². The lowest BCUT2D eigenvalue weighted by Crippen LogP contribution is -2.25. The Bertz CT molecular complexity index is 1500. The van der Waals surface area contributed by atoms with Gasteiger partial charge in [0.05, 0.1) is 11.4 Å². The molecule has 1 aliphatic heterocycles. The summed E-state index contributed by atoms with van der Waals surface area (Å²) < 4.78 is 24.4. The van der Waals surface area contributed by atoms with Crippen LogP contribution in [0.5, 0.6) is 5.75 Å². The minimum absolute atomic E-state index is 0.122. The van der Waals surface area contributed by atoms with Crippen LogP contribution in [-0.4, -0.2) is 42.6 Å². The molecule has 196 valence electrons. The fourth-order valence-electron chi connectivity index (χ4n) is 4.62. The van der Waals surface area contributed by atoms with Crippen LogP contribution < -0.4 is 15.4 Å². The smallest absolute Gasteiger partial charge is 0.228 e. The van der Waals surface area contributed by atoms with Crippen LogP contribution in [0, 0.1) is 16.6 Å². The van der Waals surface area contributed by atoms with Gasteiger partial charge in [0.1, 0.15) is 5.82 Å². The van der Waals surface area contributed by atoms with E-state index in [1.165, 1.54) is 12.3 Å². The topological polar surface area (TPSA) is 119 Å². The van der Waals surface area contributed by atoms with Gasteiger partial charge < -0.3 is 29.9 Å². The van der Waals surface area contributed by atoms with Gasteiger partial charge in [-0.15, -0.1) is 10.2 Å². The van der Waals surface area contributed by atoms with E-state index < -0.39 is 11.9 Å². The molecule has 4 aromatic rings. The van der Waals surface area contributed by atoms with Gasteiger partial charge in [-0.2, -0.15) is 0 Å². The maximum Gasteiger partial charge on any atom is 0.228 e. The number of ether oxygens (including phenoxy) is 1. The standard InChI is InChI=1S/C27H30FN9O/c1-17(38-22-8-6-5-7-19(22)28)24-34-35-25-21-13-18(14-36(21)15-27(2,3)16-37(24)25)20-10-12-31-26(32-20)33-23(30-4)9-11-29/h5-14,17,29-30H,15-16H2,1-4H3,(H,31,32,33)/b23-9+,29-11?/t17-/m0/s1. The third-order valence-corrected chi connectivity index (χ3v) is 6.31. The van der Waals surface area contributed by atoms with Crippen LogP contribution in [0.25, 0.3) is 22.8 Å². The zero-order valence-electron chi connectivity index (χ0n) is 21.7. The summed E-state index contributed by atoms with van der Waals surface area (Å²) in [4.78, 5) is 8.97. The molecule has 0 saturated heterocycles. The second kappa shape index (κ2) is 10.1. The molecule has 3 N–H and O–H groups in total. The number of halogens is 1. The second-order valence-corrected chi connectivity index (χ2v) is 9.95. The van der Waals surface area contributed by atoms with E-state index in [1.54, 1.807) is 37.5 Å². The molecule has 0 saturated carbocycles. The minimum atomic E-state index is -0.504. The van der Waals surface area contributed by atoms with Crippen molar-refractivity contribution in [2.24, 2.45) is 5.41 Å². The van der Waals surface area contributed by atoms with E-state index in [-0.39, 0.29) is 11.2 Å². The summed E-state index contributed by atoms with van der Waals surface area (Å²) >= 11 is 0. The fraction of sp³-hybridized carbons (Fsp3) is 0.296. The number of nitrogens with zero attached hydrogens (tertiary/aromatic N) is 6. The molecule has 0 aliphatic carbocycles. The van der Waals surface area contributed by atoms with Gasteiger partial charge in [-0.3, -0.25) is 0 Å². The van der Waals surface area contributed by atoms with Crippen molar-refractivity contribution in [3.05, 3.63) is 72.3 Å². The Morgan fingerprint density at radius 2 is 2.03 bits per heavy atom. The van der Waals surface area contributed by atoms with Crippen LogP contribution in [0.2, 0.25) is 0 Å². The molecule has 0 fully saturated rings. The molecule has 0 bridgehead atoms. The summed E-state index contributed by atoms with van der Waals surface area (Å²) in [6, 6.07) is 10.3. The molecule has 0 amide bonds. The molecule has 5 rings (SSSR count). The Morgan fingerprint density at radius 1 is 1.21 bits per heavy atom. The van der Waals surface area contributed by atoms with Gasteiger partial charge in [0, 0.05) is 49.7 Å². The maximum absolute atomic E-state index is 14.2. The second-order valence-electron chi connectivity index (χ2n) is 9.95. The number of anilines is 1. The van der Waals surface area contributed by atoms with E-state index in [0.717, 1.165) is 29.3 Å². The number of aromatic nitrogens is 6. The van der Waals surface area contributed by atoms with Gasteiger partial charge >= 0.3 is 0 Å². The van der Waals surface area contributed by atoms with Gasteiger partial charge in [-0.05, 0) is 37.3 Å². The lowest BCUT2D eigenvalue weighted by molar-refractivity contribution is 0.191. The molecule has 4 heterocycles. The Kier molecular flexibility index (Phi) is 6.66. The van der Waals surface area contributed by atoms with Gasteiger partial charge in [-0.1, -0.05) is 26.0 Å². The Morgan fingerprint density at radius 3 is 2.79 bits per heavy atom. The van der Waals surface area contributed by atoms with Gasteiger partial charge in [-0.25, -0.2) is 14.4 Å². The predicted octanol–water partition coefficient (Wildman–Crippen LogP) is 4.64. The van der Waals surface area contributed by atoms with Crippen LogP contribution in [0.3, 0.4) is 0 Å². The Hall–Kier alpha value is -4.54. The largest absolute Gasteiger partial charge is 0.480 e. The van der Waals surface area contributed by atoms with Crippen LogP contribution in [0.15, 0.2) is 60.7 Å². The zero-order valence-corrected chi connectivity index (χ0v) is 21.7. The molecule has 38 heavy (non-hydrogen) atoms. The normalized spacial score (nSPS) is 15.1. The molecule has 3 aromatic heterocycles. The highest BCUT2D eigenvalue weighted by atomic mass is 19.1. The number of fused-ring (bicyclic) bond motifs is 3. The number of hydrogen-bond acceptors (Lipinski definition) is 8. The van der Waals surface area contributed by atoms with Gasteiger partial charge in [0.25, 0.3) is 0 Å². The first-order chi connectivity index (χ1) is 18.3. The molecule has 0 unspecified atom stereocenters. The van der Waals surface area contributed by atoms with Crippen LogP contribution in [0.4, 0.5) is 10.3 Å². The monoisotopic (exact) mass is 515 g/mol. The van der Waals surface area contributed by atoms with Crippen molar-refractivity contribution < 1.29 is 9.13 Å². The number of para-hydroxylation sites is 1. The van der Waals surface area contributed by atoms with E-state index in [9.17, 15) is 4.39 Å². The zero-order chi connectivity index (χ0) is 26.9. The van der Waals surface area contributed by atoms with E-state index >= 15 is 0 Å². The van der Waals surface area contributed by atoms with Gasteiger partial charge in [0.2, 0.25) is 5.95 Å². The van der Waals surface area contributed by atoms with Crippen LogP contribution in [0.1, 0.15) is 32.7 Å². The average molecular weight is 516 g/mol. The highest BCUT2D eigenvalue weighted by Gasteiger charge is 2.32. The van der Waals surface area contributed by atoms with E-state index in [1.807, 2.05) is 19.1 Å². The Balaban J connectivity index is 1.50. The van der Waals surface area contributed by atoms with Crippen LogP contribution in [-0.2, 0) is 13.1 Å². The van der Waals surface area contributed by atoms with E-state index in [0.29, 0.717) is 24.1 Å². The minimum Gasteiger partial charge on any atom is -0.480 e. The number of hydrogen-bond donors (Lipinski definition) is 3. The fourth-order valence-corrected chi connectivity index (χ4v) is 4.62. The quantitative estimate of drug-likeness (QED) is 0.293. The highest BCUT2D eigenvalue weighted by molar-refractivity contribution is 5.70. The van der Waals surface area contributed by atoms with Crippen molar-refractivity contribution in [3.8, 4) is 28.5 Å². The van der Waals surface area contributed by atoms with Crippen molar-refractivity contribution in [3.63, 3.8) is 0 Å². The molecular weight excluding hydrogens is 485 g/mol. The molecule has 1 aromatic carbocycles. The van der Waals surface area contributed by atoms with Crippen molar-refractivity contribution in [1.82, 2.24) is 34.6 Å². The van der Waals surface area contributed by atoms with E-state index in [2.05, 4.69) is 60.0 Å². The number of rotatable bonds is 8. The maximum atomic E-state index is 14.2. The summed E-state index contributed by atoms with van der Waals surface area (Å²) in [6.45, 7) is 7.68. The molecule has 10 nitrogen and oxygen atoms in total. The molecule has 1 aliphatic rings. The van der Waals surface area contributed by atoms with Crippen molar-refractivity contribution in [2.45, 2.75) is 40.0 Å². The first-order valence-electron chi connectivity index (χ1n) is 12.3. The summed E-state index contributed by atoms with van der Waals surface area (Å²) in [7, 11) is 1.76. The third kappa shape index (κ3) is 4.99. The SMILES string of the molecule is CN/C(=C\C=N)Nc1nccc(-c2cc3n(c2)CC(C)(C)Cn2c-3nnc2[C@H](C)Oc2ccccc2F)n1. The predicted molar refractivity (Wildman–Crippen MR) is 143 cm³/mol. The number of allylic oxidation sites excluding steroid dienone is 1. The molecule has 11 heteroatoms. The Labute approximate surface area is 220 Å². The average Bonchev–Trinajstić information content (AvgIpc) is 3.46. The number of nitrogens with one attached hydrogen (secondary N) is 3. The molecule has 0 radical (unpaired) electrons. The lowest BCUT2D eigenvalue weighted by Gasteiger charge is -2.25. The molecular formula is C27H30FN9O. The third-order valence-electron chi connectivity index (χ3n) is 6.31. The highest BCUT2D eigenvalue weighted by Crippen LogP contribution is 2.37. The first kappa shape index (κ1) is 25.1.